The van der Waals surface area contributed by atoms with E-state index in [4.69, 9.17) is 9.47 Å². The number of hydrogen-bond donors (Lipinski definition) is 2. The molecule has 1 aliphatic carbocycles. The summed E-state index contributed by atoms with van der Waals surface area (Å²) in [5, 5.41) is 5.76. The molecule has 0 aliphatic heterocycles. The van der Waals surface area contributed by atoms with Crippen molar-refractivity contribution >= 4 is 12.2 Å². The van der Waals surface area contributed by atoms with Gasteiger partial charge in [-0.05, 0) is 58.6 Å². The largest absolute Gasteiger partial charge is 0.444 e. The van der Waals surface area contributed by atoms with E-state index in [1.165, 1.54) is 0 Å². The van der Waals surface area contributed by atoms with E-state index in [1.54, 1.807) is 12.1 Å². The Balaban J connectivity index is 1.69. The molecule has 0 spiro atoms. The molecule has 6 heteroatoms. The molecular weight excluding hydrogens is 308 g/mol. The zero-order valence-corrected chi connectivity index (χ0v) is 14.5. The van der Waals surface area contributed by atoms with Crippen LogP contribution in [0.15, 0.2) is 30.3 Å². The number of alkyl carbamates (subject to hydrolysis) is 1. The van der Waals surface area contributed by atoms with E-state index >= 15 is 0 Å². The average molecular weight is 334 g/mol. The molecule has 6 nitrogen and oxygen atoms in total. The zero-order valence-electron chi connectivity index (χ0n) is 14.5. The fraction of sp³-hybridized carbons (Fsp3) is 0.556. The van der Waals surface area contributed by atoms with Gasteiger partial charge in [0.1, 0.15) is 11.4 Å². The molecule has 1 aromatic rings. The number of amides is 2. The maximum Gasteiger partial charge on any atom is 0.412 e. The van der Waals surface area contributed by atoms with E-state index in [9.17, 15) is 9.59 Å². The minimum Gasteiger partial charge on any atom is -0.444 e. The molecule has 24 heavy (non-hydrogen) atoms. The van der Waals surface area contributed by atoms with Crippen molar-refractivity contribution in [3.8, 4) is 5.75 Å². The lowest BCUT2D eigenvalue weighted by Gasteiger charge is -2.30. The first-order valence-electron chi connectivity index (χ1n) is 8.35. The lowest BCUT2D eigenvalue weighted by atomic mass is 9.91. The van der Waals surface area contributed by atoms with Gasteiger partial charge in [-0.3, -0.25) is 0 Å². The second-order valence-corrected chi connectivity index (χ2v) is 7.04. The predicted molar refractivity (Wildman–Crippen MR) is 91.0 cm³/mol. The van der Waals surface area contributed by atoms with Gasteiger partial charge >= 0.3 is 12.2 Å². The summed E-state index contributed by atoms with van der Waals surface area (Å²) in [4.78, 5) is 23.6. The molecule has 132 valence electrons. The van der Waals surface area contributed by atoms with Crippen LogP contribution in [0.2, 0.25) is 0 Å². The van der Waals surface area contributed by atoms with E-state index in [-0.39, 0.29) is 18.2 Å². The highest BCUT2D eigenvalue weighted by Gasteiger charge is 2.25. The summed E-state index contributed by atoms with van der Waals surface area (Å²) in [6, 6.07) is 9.12. The van der Waals surface area contributed by atoms with E-state index < -0.39 is 11.7 Å². The van der Waals surface area contributed by atoms with Crippen LogP contribution in [0.3, 0.4) is 0 Å². The number of nitrogens with one attached hydrogen (secondary N) is 2. The second kappa shape index (κ2) is 8.04. The molecule has 0 heterocycles. The molecule has 0 unspecified atom stereocenters. The van der Waals surface area contributed by atoms with Crippen LogP contribution in [0.25, 0.3) is 0 Å². The molecule has 2 amide bonds. The lowest BCUT2D eigenvalue weighted by molar-refractivity contribution is 0.0489. The zero-order chi connectivity index (χ0) is 17.6. The van der Waals surface area contributed by atoms with Crippen molar-refractivity contribution in [1.82, 2.24) is 10.6 Å². The number of ether oxygens (including phenoxy) is 2. The first-order chi connectivity index (χ1) is 11.3. The summed E-state index contributed by atoms with van der Waals surface area (Å²) < 4.78 is 10.5. The van der Waals surface area contributed by atoms with Crippen LogP contribution in [0.5, 0.6) is 5.75 Å². The predicted octanol–water partition coefficient (Wildman–Crippen LogP) is 3.61. The molecule has 0 radical (unpaired) electrons. The van der Waals surface area contributed by atoms with Crippen molar-refractivity contribution in [2.45, 2.75) is 64.1 Å². The van der Waals surface area contributed by atoms with E-state index in [1.807, 2.05) is 39.0 Å². The van der Waals surface area contributed by atoms with Gasteiger partial charge in [-0.1, -0.05) is 18.2 Å². The summed E-state index contributed by atoms with van der Waals surface area (Å²) in [5.41, 5.74) is -0.496. The summed E-state index contributed by atoms with van der Waals surface area (Å²) in [6.45, 7) is 5.52. The third kappa shape index (κ3) is 6.48. The number of carbonyl (C=O) groups excluding carboxylic acids is 2. The Bertz CT molecular complexity index is 546. The monoisotopic (exact) mass is 334 g/mol. The lowest BCUT2D eigenvalue weighted by Crippen LogP contribution is -2.45. The molecule has 1 fully saturated rings. The number of hydrogen-bond acceptors (Lipinski definition) is 4. The Kier molecular flexibility index (Phi) is 6.06. The van der Waals surface area contributed by atoms with Crippen molar-refractivity contribution in [2.75, 3.05) is 0 Å². The van der Waals surface area contributed by atoms with Gasteiger partial charge in [-0.15, -0.1) is 0 Å². The van der Waals surface area contributed by atoms with Gasteiger partial charge in [0.2, 0.25) is 0 Å². The van der Waals surface area contributed by atoms with Crippen LogP contribution in [0, 0.1) is 0 Å². The Hall–Kier alpha value is -2.24. The SMILES string of the molecule is CC(C)(C)OC(=O)NC1CCC(NC(=O)Oc2ccccc2)CC1. The van der Waals surface area contributed by atoms with E-state index in [0.29, 0.717) is 5.75 Å². The van der Waals surface area contributed by atoms with E-state index in [2.05, 4.69) is 10.6 Å². The van der Waals surface area contributed by atoms with E-state index in [0.717, 1.165) is 25.7 Å². The van der Waals surface area contributed by atoms with Crippen molar-refractivity contribution in [3.05, 3.63) is 30.3 Å². The molecule has 2 rings (SSSR count). The number of benzene rings is 1. The third-order valence-electron chi connectivity index (χ3n) is 3.72. The first-order valence-corrected chi connectivity index (χ1v) is 8.35. The first kappa shape index (κ1) is 18.1. The van der Waals surface area contributed by atoms with Gasteiger partial charge in [-0.25, -0.2) is 9.59 Å². The van der Waals surface area contributed by atoms with Crippen LogP contribution in [-0.2, 0) is 4.74 Å². The van der Waals surface area contributed by atoms with Crippen LogP contribution < -0.4 is 15.4 Å². The van der Waals surface area contributed by atoms with Crippen molar-refractivity contribution < 1.29 is 19.1 Å². The maximum atomic E-state index is 11.9. The van der Waals surface area contributed by atoms with Crippen LogP contribution in [0.4, 0.5) is 9.59 Å². The summed E-state index contributed by atoms with van der Waals surface area (Å²) in [7, 11) is 0. The quantitative estimate of drug-likeness (QED) is 0.885. The fourth-order valence-corrected chi connectivity index (χ4v) is 2.65. The molecule has 2 N–H and O–H groups in total. The maximum absolute atomic E-state index is 11.9. The van der Waals surface area contributed by atoms with Crippen molar-refractivity contribution in [1.29, 1.82) is 0 Å². The molecular formula is C18H26N2O4. The average Bonchev–Trinajstić information content (AvgIpc) is 2.48. The summed E-state index contributed by atoms with van der Waals surface area (Å²) in [6.07, 6.45) is 2.37. The van der Waals surface area contributed by atoms with Gasteiger partial charge < -0.3 is 20.1 Å². The molecule has 1 aliphatic rings. The van der Waals surface area contributed by atoms with Gasteiger partial charge in [0.05, 0.1) is 0 Å². The van der Waals surface area contributed by atoms with Gasteiger partial charge in [0.25, 0.3) is 0 Å². The Labute approximate surface area is 142 Å². The fourth-order valence-electron chi connectivity index (χ4n) is 2.65. The summed E-state index contributed by atoms with van der Waals surface area (Å²) >= 11 is 0. The van der Waals surface area contributed by atoms with Crippen LogP contribution in [-0.4, -0.2) is 29.9 Å². The molecule has 0 aromatic heterocycles. The Morgan fingerprint density at radius 1 is 0.917 bits per heavy atom. The third-order valence-corrected chi connectivity index (χ3v) is 3.72. The highest BCUT2D eigenvalue weighted by Crippen LogP contribution is 2.20. The van der Waals surface area contributed by atoms with Crippen molar-refractivity contribution in [2.24, 2.45) is 0 Å². The van der Waals surface area contributed by atoms with Crippen LogP contribution in [0.1, 0.15) is 46.5 Å². The normalized spacial score (nSPS) is 20.8. The van der Waals surface area contributed by atoms with Crippen LogP contribution >= 0.6 is 0 Å². The topological polar surface area (TPSA) is 76.7 Å². The van der Waals surface area contributed by atoms with Gasteiger partial charge in [0.15, 0.2) is 0 Å². The second-order valence-electron chi connectivity index (χ2n) is 7.04. The molecule has 1 saturated carbocycles. The number of para-hydroxylation sites is 1. The number of rotatable bonds is 3. The standard InChI is InChI=1S/C18H26N2O4/c1-18(2,3)24-17(22)20-14-11-9-13(10-12-14)19-16(21)23-15-7-5-4-6-8-15/h4-8,13-14H,9-12H2,1-3H3,(H,19,21)(H,20,22). The summed E-state index contributed by atoms with van der Waals surface area (Å²) in [5.74, 6) is 0.523. The molecule has 0 bridgehead atoms. The molecule has 0 saturated heterocycles. The smallest absolute Gasteiger partial charge is 0.412 e. The highest BCUT2D eigenvalue weighted by molar-refractivity contribution is 5.70. The number of carbonyl (C=O) groups is 2. The molecule has 1 aromatic carbocycles. The van der Waals surface area contributed by atoms with Gasteiger partial charge in [0, 0.05) is 12.1 Å². The highest BCUT2D eigenvalue weighted by atomic mass is 16.6. The van der Waals surface area contributed by atoms with Gasteiger partial charge in [-0.2, -0.15) is 0 Å². The Morgan fingerprint density at radius 3 is 1.92 bits per heavy atom. The minimum atomic E-state index is -0.496. The van der Waals surface area contributed by atoms with Crippen molar-refractivity contribution in [3.63, 3.8) is 0 Å². The Morgan fingerprint density at radius 2 is 1.42 bits per heavy atom. The minimum absolute atomic E-state index is 0.0675. The molecule has 0 atom stereocenters.